The molecule has 1 N–H and O–H groups in total. The van der Waals surface area contributed by atoms with Crippen molar-refractivity contribution < 1.29 is 0 Å². The molecule has 0 saturated heterocycles. The lowest BCUT2D eigenvalue weighted by Gasteiger charge is -2.17. The van der Waals surface area contributed by atoms with Crippen LogP contribution in [-0.4, -0.2) is 23.1 Å². The van der Waals surface area contributed by atoms with Gasteiger partial charge in [0.25, 0.3) is 0 Å². The summed E-state index contributed by atoms with van der Waals surface area (Å²) in [4.78, 5) is 4.47. The van der Waals surface area contributed by atoms with E-state index < -0.39 is 0 Å². The van der Waals surface area contributed by atoms with Crippen LogP contribution >= 0.6 is 0 Å². The number of aromatic nitrogens is 2. The van der Waals surface area contributed by atoms with Crippen molar-refractivity contribution in [3.8, 4) is 0 Å². The van der Waals surface area contributed by atoms with Crippen molar-refractivity contribution in [2.24, 2.45) is 0 Å². The molecule has 96 valence electrons. The summed E-state index contributed by atoms with van der Waals surface area (Å²) >= 11 is 0. The monoisotopic (exact) mass is 243 g/mol. The summed E-state index contributed by atoms with van der Waals surface area (Å²) < 4.78 is 2.21. The number of nitrogens with one attached hydrogen (secondary N) is 1. The molecule has 0 radical (unpaired) electrons. The number of aryl methyl sites for hydroxylation is 1. The fourth-order valence-corrected chi connectivity index (χ4v) is 2.32. The quantitative estimate of drug-likeness (QED) is 0.844. The van der Waals surface area contributed by atoms with Crippen LogP contribution in [0.25, 0.3) is 0 Å². The molecule has 0 bridgehead atoms. The molecule has 3 heteroatoms. The van der Waals surface area contributed by atoms with Gasteiger partial charge in [-0.05, 0) is 19.5 Å². The van der Waals surface area contributed by atoms with Gasteiger partial charge in [-0.2, -0.15) is 0 Å². The second-order valence-corrected chi connectivity index (χ2v) is 4.50. The number of rotatable bonds is 6. The fraction of sp³-hybridized carbons (Fsp3) is 0.400. The number of hydrogen-bond acceptors (Lipinski definition) is 2. The second-order valence-electron chi connectivity index (χ2n) is 4.50. The largest absolute Gasteiger partial charge is 0.335 e. The summed E-state index contributed by atoms with van der Waals surface area (Å²) in [6.07, 6.45) is 4.92. The van der Waals surface area contributed by atoms with E-state index in [9.17, 15) is 0 Å². The number of imidazole rings is 1. The first-order valence-corrected chi connectivity index (χ1v) is 6.54. The van der Waals surface area contributed by atoms with Gasteiger partial charge >= 0.3 is 0 Å². The van der Waals surface area contributed by atoms with Crippen LogP contribution in [-0.2, 0) is 13.0 Å². The molecule has 2 rings (SSSR count). The van der Waals surface area contributed by atoms with Crippen molar-refractivity contribution in [2.75, 3.05) is 13.6 Å². The molecule has 18 heavy (non-hydrogen) atoms. The zero-order chi connectivity index (χ0) is 12.8. The Balaban J connectivity index is 2.16. The van der Waals surface area contributed by atoms with Gasteiger partial charge in [0, 0.05) is 37.8 Å². The van der Waals surface area contributed by atoms with Crippen LogP contribution in [0, 0.1) is 0 Å². The first-order chi connectivity index (χ1) is 8.85. The average Bonchev–Trinajstić information content (AvgIpc) is 2.86. The highest BCUT2D eigenvalue weighted by Gasteiger charge is 2.14. The minimum Gasteiger partial charge on any atom is -0.335 e. The van der Waals surface area contributed by atoms with E-state index in [0.29, 0.717) is 5.92 Å². The van der Waals surface area contributed by atoms with Gasteiger partial charge in [-0.1, -0.05) is 30.3 Å². The van der Waals surface area contributed by atoms with Crippen molar-refractivity contribution in [3.63, 3.8) is 0 Å². The number of benzene rings is 1. The summed E-state index contributed by atoms with van der Waals surface area (Å²) in [5, 5.41) is 3.28. The van der Waals surface area contributed by atoms with Crippen molar-refractivity contribution in [1.82, 2.24) is 14.9 Å². The molecule has 0 aliphatic rings. The second kappa shape index (κ2) is 6.36. The van der Waals surface area contributed by atoms with Gasteiger partial charge in [0.2, 0.25) is 0 Å². The molecule has 1 unspecified atom stereocenters. The number of likely N-dealkylation sites (N-methyl/N-ethyl adjacent to an activating group) is 1. The van der Waals surface area contributed by atoms with E-state index in [-0.39, 0.29) is 0 Å². The highest BCUT2D eigenvalue weighted by molar-refractivity contribution is 5.21. The Morgan fingerprint density at radius 1 is 1.28 bits per heavy atom. The van der Waals surface area contributed by atoms with E-state index in [4.69, 9.17) is 0 Å². The van der Waals surface area contributed by atoms with Gasteiger partial charge in [0.1, 0.15) is 5.82 Å². The van der Waals surface area contributed by atoms with Crippen molar-refractivity contribution in [1.29, 1.82) is 0 Å². The standard InChI is InChI=1S/C15H21N3/c1-3-18-10-9-17-15(18)11-14(12-16-2)13-7-5-4-6-8-13/h4-10,14,16H,3,11-12H2,1-2H3. The molecule has 0 aliphatic carbocycles. The molecule has 1 aromatic carbocycles. The van der Waals surface area contributed by atoms with Crippen molar-refractivity contribution in [2.45, 2.75) is 25.8 Å². The fourth-order valence-electron chi connectivity index (χ4n) is 2.32. The first-order valence-electron chi connectivity index (χ1n) is 6.54. The van der Waals surface area contributed by atoms with E-state index in [2.05, 4.69) is 58.3 Å². The molecule has 0 spiro atoms. The molecule has 2 aromatic rings. The zero-order valence-electron chi connectivity index (χ0n) is 11.1. The van der Waals surface area contributed by atoms with Gasteiger partial charge < -0.3 is 9.88 Å². The predicted octanol–water partition coefficient (Wildman–Crippen LogP) is 2.45. The molecule has 0 amide bonds. The lowest BCUT2D eigenvalue weighted by Crippen LogP contribution is -2.20. The maximum Gasteiger partial charge on any atom is 0.109 e. The summed E-state index contributed by atoms with van der Waals surface area (Å²) in [5.74, 6) is 1.64. The van der Waals surface area contributed by atoms with Gasteiger partial charge in [0.15, 0.2) is 0 Å². The topological polar surface area (TPSA) is 29.9 Å². The smallest absolute Gasteiger partial charge is 0.109 e. The zero-order valence-corrected chi connectivity index (χ0v) is 11.1. The molecule has 0 aliphatic heterocycles. The molecule has 1 atom stereocenters. The molecule has 0 saturated carbocycles. The Kier molecular flexibility index (Phi) is 4.53. The molecular formula is C15H21N3. The lowest BCUT2D eigenvalue weighted by molar-refractivity contribution is 0.582. The van der Waals surface area contributed by atoms with Crippen LogP contribution in [0.3, 0.4) is 0 Å². The molecule has 3 nitrogen and oxygen atoms in total. The SMILES string of the molecule is CCn1ccnc1CC(CNC)c1ccccc1. The Hall–Kier alpha value is -1.61. The van der Waals surface area contributed by atoms with Crippen LogP contribution in [0.2, 0.25) is 0 Å². The highest BCUT2D eigenvalue weighted by Crippen LogP contribution is 2.19. The van der Waals surface area contributed by atoms with Crippen LogP contribution in [0.4, 0.5) is 0 Å². The minimum atomic E-state index is 0.476. The summed E-state index contributed by atoms with van der Waals surface area (Å²) in [6, 6.07) is 10.7. The Bertz CT molecular complexity index is 462. The summed E-state index contributed by atoms with van der Waals surface area (Å²) in [7, 11) is 2.00. The van der Waals surface area contributed by atoms with Crippen molar-refractivity contribution >= 4 is 0 Å². The van der Waals surface area contributed by atoms with Crippen LogP contribution in [0.5, 0.6) is 0 Å². The van der Waals surface area contributed by atoms with E-state index in [1.807, 2.05) is 13.2 Å². The van der Waals surface area contributed by atoms with Gasteiger partial charge in [-0.3, -0.25) is 0 Å². The Morgan fingerprint density at radius 2 is 2.06 bits per heavy atom. The average molecular weight is 243 g/mol. The molecule has 1 aromatic heterocycles. The third-order valence-corrected chi connectivity index (χ3v) is 3.29. The van der Waals surface area contributed by atoms with Crippen LogP contribution in [0.1, 0.15) is 24.2 Å². The van der Waals surface area contributed by atoms with Crippen LogP contribution in [0.15, 0.2) is 42.7 Å². The summed E-state index contributed by atoms with van der Waals surface area (Å²) in [6.45, 7) is 4.11. The van der Waals surface area contributed by atoms with Gasteiger partial charge in [0.05, 0.1) is 0 Å². The van der Waals surface area contributed by atoms with E-state index in [0.717, 1.165) is 19.5 Å². The van der Waals surface area contributed by atoms with Gasteiger partial charge in [-0.25, -0.2) is 4.98 Å². The number of nitrogens with zero attached hydrogens (tertiary/aromatic N) is 2. The number of hydrogen-bond donors (Lipinski definition) is 1. The molecular weight excluding hydrogens is 222 g/mol. The molecule has 0 fully saturated rings. The lowest BCUT2D eigenvalue weighted by atomic mass is 9.95. The summed E-state index contributed by atoms with van der Waals surface area (Å²) in [5.41, 5.74) is 1.37. The van der Waals surface area contributed by atoms with E-state index >= 15 is 0 Å². The maximum atomic E-state index is 4.47. The third kappa shape index (κ3) is 2.99. The minimum absolute atomic E-state index is 0.476. The van der Waals surface area contributed by atoms with Crippen LogP contribution < -0.4 is 5.32 Å². The first kappa shape index (κ1) is 12.8. The normalized spacial score (nSPS) is 12.6. The van der Waals surface area contributed by atoms with E-state index in [1.165, 1.54) is 11.4 Å². The van der Waals surface area contributed by atoms with E-state index in [1.54, 1.807) is 0 Å². The Labute approximate surface area is 109 Å². The highest BCUT2D eigenvalue weighted by atomic mass is 15.1. The maximum absolute atomic E-state index is 4.47. The Morgan fingerprint density at radius 3 is 2.72 bits per heavy atom. The molecule has 1 heterocycles. The van der Waals surface area contributed by atoms with Crippen molar-refractivity contribution in [3.05, 3.63) is 54.1 Å². The predicted molar refractivity (Wildman–Crippen MR) is 74.7 cm³/mol. The van der Waals surface area contributed by atoms with Gasteiger partial charge in [-0.15, -0.1) is 0 Å². The third-order valence-electron chi connectivity index (χ3n) is 3.29.